The first-order valence-electron chi connectivity index (χ1n) is 14.0. The van der Waals surface area contributed by atoms with Gasteiger partial charge in [-0.3, -0.25) is 0 Å². The molecule has 0 amide bonds. The first-order chi connectivity index (χ1) is 20.0. The molecule has 4 aromatic rings. The van der Waals surface area contributed by atoms with E-state index >= 15 is 0 Å². The molecule has 0 saturated carbocycles. The minimum Gasteiger partial charge on any atom is -0.497 e. The van der Waals surface area contributed by atoms with Gasteiger partial charge in [0.05, 0.1) is 41.7 Å². The van der Waals surface area contributed by atoms with Crippen molar-refractivity contribution in [1.82, 2.24) is 0 Å². The first-order valence-corrected chi connectivity index (χ1v) is 14.0. The van der Waals surface area contributed by atoms with Crippen molar-refractivity contribution in [3.63, 3.8) is 0 Å². The fourth-order valence-electron chi connectivity index (χ4n) is 4.72. The van der Waals surface area contributed by atoms with Gasteiger partial charge in [0.15, 0.2) is 0 Å². The van der Waals surface area contributed by atoms with Gasteiger partial charge >= 0.3 is 0 Å². The van der Waals surface area contributed by atoms with Crippen molar-refractivity contribution in [2.75, 3.05) is 41.7 Å². The van der Waals surface area contributed by atoms with Gasteiger partial charge in [-0.25, -0.2) is 0 Å². The number of benzene rings is 4. The quantitative estimate of drug-likeness (QED) is 0.145. The molecule has 216 valence electrons. The molecule has 0 aromatic heterocycles. The maximum atomic E-state index is 6.55. The second-order valence-electron chi connectivity index (χ2n) is 9.74. The van der Waals surface area contributed by atoms with E-state index in [1.54, 1.807) is 28.4 Å². The van der Waals surface area contributed by atoms with Crippen LogP contribution < -0.4 is 28.4 Å². The summed E-state index contributed by atoms with van der Waals surface area (Å²) in [5.41, 5.74) is 4.81. The average Bonchev–Trinajstić information content (AvgIpc) is 3.03. The van der Waals surface area contributed by atoms with Crippen LogP contribution in [0.15, 0.2) is 78.9 Å². The molecule has 0 aliphatic heterocycles. The maximum absolute atomic E-state index is 6.55. The average molecular weight is 557 g/mol. The predicted octanol–water partition coefficient (Wildman–Crippen LogP) is 8.42. The summed E-state index contributed by atoms with van der Waals surface area (Å²) in [6.07, 6.45) is 1.82. The number of hydrogen-bond donors (Lipinski definition) is 0. The number of para-hydroxylation sites is 1. The minimum absolute atomic E-state index is 0.452. The molecule has 0 spiro atoms. The van der Waals surface area contributed by atoms with Gasteiger partial charge < -0.3 is 28.4 Å². The Labute approximate surface area is 243 Å². The normalized spacial score (nSPS) is 11.5. The van der Waals surface area contributed by atoms with E-state index in [0.717, 1.165) is 57.4 Å². The summed E-state index contributed by atoms with van der Waals surface area (Å²) in [6, 6.07) is 25.9. The highest BCUT2D eigenvalue weighted by molar-refractivity contribution is 5.87. The smallest absolute Gasteiger partial charge is 0.135 e. The summed E-state index contributed by atoms with van der Waals surface area (Å²) in [4.78, 5) is 0. The molecule has 6 heteroatoms. The van der Waals surface area contributed by atoms with E-state index in [2.05, 4.69) is 26.0 Å². The second-order valence-corrected chi connectivity index (χ2v) is 9.74. The molecule has 0 saturated heterocycles. The highest BCUT2D eigenvalue weighted by atomic mass is 16.5. The Morgan fingerprint density at radius 3 is 1.56 bits per heavy atom. The molecule has 4 rings (SSSR count). The van der Waals surface area contributed by atoms with Crippen molar-refractivity contribution in [3.05, 3.63) is 84.4 Å². The lowest BCUT2D eigenvalue weighted by Gasteiger charge is -2.20. The monoisotopic (exact) mass is 556 g/mol. The Hall–Kier alpha value is -4.32. The van der Waals surface area contributed by atoms with E-state index in [0.29, 0.717) is 31.3 Å². The van der Waals surface area contributed by atoms with Crippen LogP contribution in [0.25, 0.3) is 22.3 Å². The molecule has 41 heavy (non-hydrogen) atoms. The molecule has 0 fully saturated rings. The van der Waals surface area contributed by atoms with Crippen LogP contribution in [0.4, 0.5) is 0 Å². The lowest BCUT2D eigenvalue weighted by molar-refractivity contribution is 0.248. The SMILES string of the molecule is CCC(C)c1ccc(OCCCOc2c(-c3cc(OC)ccc3OC)cccc2-c2cc(OC)ccc2OC)cc1. The van der Waals surface area contributed by atoms with Crippen LogP contribution in [0.3, 0.4) is 0 Å². The molecule has 6 nitrogen and oxygen atoms in total. The van der Waals surface area contributed by atoms with Crippen LogP contribution in [0.1, 0.15) is 38.2 Å². The van der Waals surface area contributed by atoms with Crippen LogP contribution in [-0.2, 0) is 0 Å². The second kappa shape index (κ2) is 14.4. The van der Waals surface area contributed by atoms with Gasteiger partial charge in [0, 0.05) is 28.7 Å². The van der Waals surface area contributed by atoms with Crippen molar-refractivity contribution in [3.8, 4) is 56.8 Å². The molecule has 1 unspecified atom stereocenters. The molecular formula is C35H40O6. The molecular weight excluding hydrogens is 516 g/mol. The first kappa shape index (κ1) is 29.7. The maximum Gasteiger partial charge on any atom is 0.135 e. The van der Waals surface area contributed by atoms with Gasteiger partial charge in [-0.15, -0.1) is 0 Å². The number of hydrogen-bond acceptors (Lipinski definition) is 6. The van der Waals surface area contributed by atoms with Crippen molar-refractivity contribution in [2.45, 2.75) is 32.6 Å². The van der Waals surface area contributed by atoms with Gasteiger partial charge in [-0.05, 0) is 66.4 Å². The fraction of sp³-hybridized carbons (Fsp3) is 0.314. The minimum atomic E-state index is 0.452. The molecule has 4 aromatic carbocycles. The Bertz CT molecular complexity index is 1340. The van der Waals surface area contributed by atoms with Gasteiger partial charge in [-0.2, -0.15) is 0 Å². The molecule has 0 N–H and O–H groups in total. The summed E-state index contributed by atoms with van der Waals surface area (Å²) >= 11 is 0. The standard InChI is InChI=1S/C35H40O6/c1-7-24(2)25-12-14-26(15-13-25)40-20-9-21-41-35-29(31-22-27(36-3)16-18-33(31)38-5)10-8-11-30(35)32-23-28(37-4)17-19-34(32)39-6/h8,10-19,22-24H,7,9,20-21H2,1-6H3. The number of rotatable bonds is 14. The van der Waals surface area contributed by atoms with Crippen LogP contribution in [0.2, 0.25) is 0 Å². The Kier molecular flexibility index (Phi) is 10.4. The van der Waals surface area contributed by atoms with Crippen molar-refractivity contribution >= 4 is 0 Å². The number of ether oxygens (including phenoxy) is 6. The highest BCUT2D eigenvalue weighted by Gasteiger charge is 2.20. The Balaban J connectivity index is 1.63. The van der Waals surface area contributed by atoms with E-state index in [1.165, 1.54) is 5.56 Å². The third kappa shape index (κ3) is 7.07. The zero-order chi connectivity index (χ0) is 29.2. The van der Waals surface area contributed by atoms with E-state index in [9.17, 15) is 0 Å². The molecule has 0 bridgehead atoms. The number of methoxy groups -OCH3 is 4. The molecule has 1 atom stereocenters. The molecule has 0 heterocycles. The highest BCUT2D eigenvalue weighted by Crippen LogP contribution is 2.46. The van der Waals surface area contributed by atoms with Crippen LogP contribution in [0, 0.1) is 0 Å². The zero-order valence-electron chi connectivity index (χ0n) is 24.9. The van der Waals surface area contributed by atoms with Gasteiger partial charge in [-0.1, -0.05) is 44.2 Å². The molecule has 0 aliphatic rings. The fourth-order valence-corrected chi connectivity index (χ4v) is 4.72. The van der Waals surface area contributed by atoms with Crippen molar-refractivity contribution in [1.29, 1.82) is 0 Å². The van der Waals surface area contributed by atoms with E-state index in [1.807, 2.05) is 66.7 Å². The lowest BCUT2D eigenvalue weighted by atomic mass is 9.95. The lowest BCUT2D eigenvalue weighted by Crippen LogP contribution is -2.07. The van der Waals surface area contributed by atoms with Gasteiger partial charge in [0.25, 0.3) is 0 Å². The molecule has 0 aliphatic carbocycles. The van der Waals surface area contributed by atoms with E-state index in [4.69, 9.17) is 28.4 Å². The van der Waals surface area contributed by atoms with Gasteiger partial charge in [0.2, 0.25) is 0 Å². The van der Waals surface area contributed by atoms with Gasteiger partial charge in [0.1, 0.15) is 34.5 Å². The third-order valence-electron chi connectivity index (χ3n) is 7.27. The van der Waals surface area contributed by atoms with Crippen molar-refractivity contribution < 1.29 is 28.4 Å². The third-order valence-corrected chi connectivity index (χ3v) is 7.27. The Morgan fingerprint density at radius 1 is 0.561 bits per heavy atom. The topological polar surface area (TPSA) is 55.4 Å². The van der Waals surface area contributed by atoms with Crippen LogP contribution in [-0.4, -0.2) is 41.7 Å². The van der Waals surface area contributed by atoms with Crippen molar-refractivity contribution in [2.24, 2.45) is 0 Å². The summed E-state index contributed by atoms with van der Waals surface area (Å²) in [5.74, 6) is 5.00. The van der Waals surface area contributed by atoms with E-state index in [-0.39, 0.29) is 0 Å². The Morgan fingerprint density at radius 2 is 1.07 bits per heavy atom. The van der Waals surface area contributed by atoms with Crippen LogP contribution >= 0.6 is 0 Å². The summed E-state index contributed by atoms with van der Waals surface area (Å²) in [7, 11) is 6.62. The largest absolute Gasteiger partial charge is 0.497 e. The van der Waals surface area contributed by atoms with Crippen LogP contribution in [0.5, 0.6) is 34.5 Å². The molecule has 0 radical (unpaired) electrons. The zero-order valence-corrected chi connectivity index (χ0v) is 24.9. The predicted molar refractivity (Wildman–Crippen MR) is 164 cm³/mol. The summed E-state index contributed by atoms with van der Waals surface area (Å²) < 4.78 is 35.1. The summed E-state index contributed by atoms with van der Waals surface area (Å²) in [6.45, 7) is 5.42. The van der Waals surface area contributed by atoms with E-state index < -0.39 is 0 Å². The summed E-state index contributed by atoms with van der Waals surface area (Å²) in [5, 5.41) is 0.